The first-order chi connectivity index (χ1) is 7.76. The van der Waals surface area contributed by atoms with Gasteiger partial charge in [-0.1, -0.05) is 36.5 Å². The van der Waals surface area contributed by atoms with Crippen LogP contribution in [0, 0.1) is 17.3 Å². The molecule has 0 N–H and O–H groups in total. The van der Waals surface area contributed by atoms with E-state index < -0.39 is 0 Å². The molecule has 0 aromatic heterocycles. The number of rotatable bonds is 4. The lowest BCUT2D eigenvalue weighted by molar-refractivity contribution is 0.763. The van der Waals surface area contributed by atoms with Crippen LogP contribution in [0.25, 0.3) is 0 Å². The third-order valence-electron chi connectivity index (χ3n) is 3.19. The molecule has 0 aromatic rings. The van der Waals surface area contributed by atoms with Gasteiger partial charge in [0.1, 0.15) is 0 Å². The predicted octanol–water partition coefficient (Wildman–Crippen LogP) is 4.68. The van der Waals surface area contributed by atoms with Crippen molar-refractivity contribution in [3.8, 4) is 0 Å². The summed E-state index contributed by atoms with van der Waals surface area (Å²) in [6.07, 6.45) is 17.6. The molecule has 1 rings (SSSR count). The van der Waals surface area contributed by atoms with Crippen LogP contribution in [0.1, 0.15) is 27.7 Å². The van der Waals surface area contributed by atoms with Crippen LogP contribution in [-0.4, -0.2) is 0 Å². The van der Waals surface area contributed by atoms with Gasteiger partial charge in [-0.25, -0.2) is 0 Å². The second-order valence-electron chi connectivity index (χ2n) is 4.20. The molecule has 16 heavy (non-hydrogen) atoms. The average Bonchev–Trinajstić information content (AvgIpc) is 2.84. The van der Waals surface area contributed by atoms with Crippen molar-refractivity contribution >= 4 is 0 Å². The molecule has 0 bridgehead atoms. The molecule has 0 spiro atoms. The molecule has 1 saturated carbocycles. The monoisotopic (exact) mass is 214 g/mol. The first-order valence-electron chi connectivity index (χ1n) is 6.04. The van der Waals surface area contributed by atoms with E-state index in [-0.39, 0.29) is 5.41 Å². The average molecular weight is 214 g/mol. The lowest BCUT2D eigenvalue weighted by atomic mass is 10.00. The normalized spacial score (nSPS) is 33.5. The Morgan fingerprint density at radius 2 is 1.50 bits per heavy atom. The zero-order valence-electron chi connectivity index (χ0n) is 10.8. The van der Waals surface area contributed by atoms with E-state index in [2.05, 4.69) is 69.0 Å². The molecule has 0 amide bonds. The van der Waals surface area contributed by atoms with Crippen LogP contribution >= 0.6 is 0 Å². The highest BCUT2D eigenvalue weighted by Crippen LogP contribution is 2.62. The van der Waals surface area contributed by atoms with E-state index in [0.717, 1.165) is 0 Å². The fourth-order valence-electron chi connectivity index (χ4n) is 2.50. The zero-order valence-corrected chi connectivity index (χ0v) is 10.8. The molecule has 0 aromatic carbocycles. The summed E-state index contributed by atoms with van der Waals surface area (Å²) in [5, 5.41) is 0. The van der Waals surface area contributed by atoms with Crippen molar-refractivity contribution in [2.24, 2.45) is 17.3 Å². The van der Waals surface area contributed by atoms with Crippen LogP contribution in [0.4, 0.5) is 0 Å². The molecule has 0 heterocycles. The van der Waals surface area contributed by atoms with Gasteiger partial charge in [0.15, 0.2) is 0 Å². The second kappa shape index (κ2) is 5.72. The SMILES string of the molecule is CC=C=CC1C(C=CC)C1(C=CC)C=CC. The van der Waals surface area contributed by atoms with E-state index in [0.29, 0.717) is 11.8 Å². The molecule has 1 aliphatic rings. The quantitative estimate of drug-likeness (QED) is 0.471. The lowest BCUT2D eigenvalue weighted by Crippen LogP contribution is -1.95. The summed E-state index contributed by atoms with van der Waals surface area (Å²) >= 11 is 0. The van der Waals surface area contributed by atoms with E-state index in [9.17, 15) is 0 Å². The van der Waals surface area contributed by atoms with Gasteiger partial charge in [0.05, 0.1) is 0 Å². The Bertz CT molecular complexity index is 347. The molecule has 0 aliphatic heterocycles. The summed E-state index contributed by atoms with van der Waals surface area (Å²) in [5.41, 5.74) is 3.42. The molecule has 0 nitrogen and oxygen atoms in total. The van der Waals surface area contributed by atoms with Crippen LogP contribution in [0.3, 0.4) is 0 Å². The Labute approximate surface area is 99.8 Å². The summed E-state index contributed by atoms with van der Waals surface area (Å²) in [5.74, 6) is 1.16. The van der Waals surface area contributed by atoms with Gasteiger partial charge in [-0.3, -0.25) is 0 Å². The number of allylic oxidation sites excluding steroid dienone is 7. The molecule has 0 heteroatoms. The molecule has 2 atom stereocenters. The van der Waals surface area contributed by atoms with Crippen LogP contribution in [0.15, 0.2) is 54.3 Å². The minimum atomic E-state index is 0.200. The second-order valence-corrected chi connectivity index (χ2v) is 4.20. The van der Waals surface area contributed by atoms with Gasteiger partial charge in [0, 0.05) is 11.3 Å². The minimum Gasteiger partial charge on any atom is -0.130 e. The van der Waals surface area contributed by atoms with Crippen LogP contribution in [0.2, 0.25) is 0 Å². The summed E-state index contributed by atoms with van der Waals surface area (Å²) in [7, 11) is 0. The molecule has 1 aliphatic carbocycles. The molecular weight excluding hydrogens is 192 g/mol. The Hall–Kier alpha value is -1.26. The molecule has 2 unspecified atom stereocenters. The maximum absolute atomic E-state index is 3.22. The Morgan fingerprint density at radius 1 is 0.875 bits per heavy atom. The van der Waals surface area contributed by atoms with Gasteiger partial charge in [-0.2, -0.15) is 0 Å². The van der Waals surface area contributed by atoms with Crippen molar-refractivity contribution < 1.29 is 0 Å². The Balaban J connectivity index is 3.03. The van der Waals surface area contributed by atoms with Crippen molar-refractivity contribution in [1.29, 1.82) is 0 Å². The Kier molecular flexibility index (Phi) is 4.58. The van der Waals surface area contributed by atoms with Gasteiger partial charge >= 0.3 is 0 Å². The molecule has 86 valence electrons. The smallest absolute Gasteiger partial charge is 0.0205 e. The van der Waals surface area contributed by atoms with E-state index in [1.807, 2.05) is 13.0 Å². The molecule has 0 radical (unpaired) electrons. The lowest BCUT2D eigenvalue weighted by Gasteiger charge is -2.04. The van der Waals surface area contributed by atoms with Crippen LogP contribution < -0.4 is 0 Å². The minimum absolute atomic E-state index is 0.200. The topological polar surface area (TPSA) is 0 Å². The van der Waals surface area contributed by atoms with Crippen LogP contribution in [-0.2, 0) is 0 Å². The summed E-state index contributed by atoms with van der Waals surface area (Å²) < 4.78 is 0. The van der Waals surface area contributed by atoms with E-state index in [1.165, 1.54) is 0 Å². The third kappa shape index (κ3) is 2.28. The van der Waals surface area contributed by atoms with Crippen LogP contribution in [0.5, 0.6) is 0 Å². The predicted molar refractivity (Wildman–Crippen MR) is 72.2 cm³/mol. The summed E-state index contributed by atoms with van der Waals surface area (Å²) in [6, 6.07) is 0. The van der Waals surface area contributed by atoms with Crippen molar-refractivity contribution in [3.63, 3.8) is 0 Å². The van der Waals surface area contributed by atoms with Gasteiger partial charge in [0.25, 0.3) is 0 Å². The summed E-state index contributed by atoms with van der Waals surface area (Å²) in [4.78, 5) is 0. The molecule has 0 saturated heterocycles. The first kappa shape index (κ1) is 12.8. The van der Waals surface area contributed by atoms with Crippen molar-refractivity contribution in [3.05, 3.63) is 54.3 Å². The van der Waals surface area contributed by atoms with E-state index in [4.69, 9.17) is 0 Å². The highest BCUT2D eigenvalue weighted by Gasteiger charge is 2.58. The van der Waals surface area contributed by atoms with Crippen molar-refractivity contribution in [2.45, 2.75) is 27.7 Å². The maximum Gasteiger partial charge on any atom is 0.0205 e. The Morgan fingerprint density at radius 3 is 1.94 bits per heavy atom. The molecule has 1 fully saturated rings. The number of hydrogen-bond acceptors (Lipinski definition) is 0. The van der Waals surface area contributed by atoms with Gasteiger partial charge in [-0.15, -0.1) is 5.73 Å². The van der Waals surface area contributed by atoms with E-state index in [1.54, 1.807) is 0 Å². The maximum atomic E-state index is 3.22. The standard InChI is InChI=1S/C16H22/c1-5-9-11-15-14(10-6-2)16(15,12-7-3)13-8-4/h5-8,10-15H,1-4H3. The van der Waals surface area contributed by atoms with Gasteiger partial charge in [0.2, 0.25) is 0 Å². The zero-order chi connectivity index (χ0) is 12.0. The highest BCUT2D eigenvalue weighted by molar-refractivity contribution is 5.36. The highest BCUT2D eigenvalue weighted by atomic mass is 14.6. The largest absolute Gasteiger partial charge is 0.130 e. The summed E-state index contributed by atoms with van der Waals surface area (Å²) in [6.45, 7) is 8.28. The van der Waals surface area contributed by atoms with E-state index >= 15 is 0 Å². The van der Waals surface area contributed by atoms with Crippen molar-refractivity contribution in [2.75, 3.05) is 0 Å². The first-order valence-corrected chi connectivity index (χ1v) is 6.04. The third-order valence-corrected chi connectivity index (χ3v) is 3.19. The number of hydrogen-bond donors (Lipinski definition) is 0. The van der Waals surface area contributed by atoms with Gasteiger partial charge < -0.3 is 0 Å². The molecular formula is C16H22. The van der Waals surface area contributed by atoms with Crippen molar-refractivity contribution in [1.82, 2.24) is 0 Å². The fraction of sp³-hybridized carbons (Fsp3) is 0.438. The van der Waals surface area contributed by atoms with Gasteiger partial charge in [-0.05, 0) is 45.8 Å². The fourth-order valence-corrected chi connectivity index (χ4v) is 2.50.